The third kappa shape index (κ3) is 5.91. The van der Waals surface area contributed by atoms with Crippen molar-refractivity contribution in [3.8, 4) is 0 Å². The molecule has 134 valence electrons. The first kappa shape index (κ1) is 18.9. The SMILES string of the molecule is CCC(C)(C)NC(=O)C(C)NC1CCCN(Cc2ccccc2)C1. The fourth-order valence-electron chi connectivity index (χ4n) is 3.14. The second-order valence-corrected chi connectivity index (χ2v) is 7.67. The van der Waals surface area contributed by atoms with Crippen LogP contribution in [0.4, 0.5) is 0 Å². The van der Waals surface area contributed by atoms with Crippen molar-refractivity contribution in [2.75, 3.05) is 13.1 Å². The van der Waals surface area contributed by atoms with Crippen molar-refractivity contribution in [1.82, 2.24) is 15.5 Å². The first-order valence-electron chi connectivity index (χ1n) is 9.24. The summed E-state index contributed by atoms with van der Waals surface area (Å²) in [5, 5.41) is 6.66. The molecule has 24 heavy (non-hydrogen) atoms. The lowest BCUT2D eigenvalue weighted by Gasteiger charge is -2.35. The molecule has 0 aliphatic carbocycles. The molecule has 0 spiro atoms. The Morgan fingerprint density at radius 3 is 2.71 bits per heavy atom. The van der Waals surface area contributed by atoms with Crippen LogP contribution in [-0.2, 0) is 11.3 Å². The first-order valence-corrected chi connectivity index (χ1v) is 9.24. The van der Waals surface area contributed by atoms with Gasteiger partial charge in [0, 0.05) is 24.7 Å². The molecule has 2 rings (SSSR count). The number of carbonyl (C=O) groups is 1. The summed E-state index contributed by atoms with van der Waals surface area (Å²) < 4.78 is 0. The van der Waals surface area contributed by atoms with Crippen LogP contribution in [0.15, 0.2) is 30.3 Å². The number of piperidine rings is 1. The zero-order valence-corrected chi connectivity index (χ0v) is 15.6. The maximum atomic E-state index is 12.4. The monoisotopic (exact) mass is 331 g/mol. The van der Waals surface area contributed by atoms with Gasteiger partial charge in [-0.25, -0.2) is 0 Å². The smallest absolute Gasteiger partial charge is 0.237 e. The number of nitrogens with one attached hydrogen (secondary N) is 2. The minimum Gasteiger partial charge on any atom is -0.350 e. The lowest BCUT2D eigenvalue weighted by Crippen LogP contribution is -2.55. The number of benzene rings is 1. The standard InChI is InChI=1S/C20H33N3O/c1-5-20(3,4)22-19(24)16(2)21-18-12-9-13-23(15-18)14-17-10-7-6-8-11-17/h6-8,10-11,16,18,21H,5,9,12-15H2,1-4H3,(H,22,24). The molecule has 1 aromatic carbocycles. The molecule has 1 aromatic rings. The fraction of sp³-hybridized carbons (Fsp3) is 0.650. The summed E-state index contributed by atoms with van der Waals surface area (Å²) in [6.45, 7) is 11.3. The summed E-state index contributed by atoms with van der Waals surface area (Å²) in [5.41, 5.74) is 1.22. The van der Waals surface area contributed by atoms with Gasteiger partial charge in [-0.3, -0.25) is 9.69 Å². The maximum absolute atomic E-state index is 12.4. The van der Waals surface area contributed by atoms with Gasteiger partial charge in [0.1, 0.15) is 0 Å². The minimum atomic E-state index is -0.155. The van der Waals surface area contributed by atoms with E-state index in [9.17, 15) is 4.79 Å². The zero-order valence-electron chi connectivity index (χ0n) is 15.6. The second kappa shape index (κ2) is 8.63. The fourth-order valence-corrected chi connectivity index (χ4v) is 3.14. The summed E-state index contributed by atoms with van der Waals surface area (Å²) in [6.07, 6.45) is 3.25. The predicted octanol–water partition coefficient (Wildman–Crippen LogP) is 2.93. The predicted molar refractivity (Wildman–Crippen MR) is 99.9 cm³/mol. The Morgan fingerprint density at radius 1 is 1.33 bits per heavy atom. The summed E-state index contributed by atoms with van der Waals surface area (Å²) >= 11 is 0. The molecule has 2 unspecified atom stereocenters. The normalized spacial score (nSPS) is 20.6. The summed E-state index contributed by atoms with van der Waals surface area (Å²) in [4.78, 5) is 14.9. The van der Waals surface area contributed by atoms with Crippen molar-refractivity contribution in [3.05, 3.63) is 35.9 Å². The van der Waals surface area contributed by atoms with E-state index in [1.165, 1.54) is 12.0 Å². The summed E-state index contributed by atoms with van der Waals surface area (Å²) in [6, 6.07) is 10.8. The highest BCUT2D eigenvalue weighted by atomic mass is 16.2. The topological polar surface area (TPSA) is 44.4 Å². The third-order valence-electron chi connectivity index (χ3n) is 4.98. The molecule has 4 heteroatoms. The van der Waals surface area contributed by atoms with E-state index in [-0.39, 0.29) is 17.5 Å². The molecular formula is C20H33N3O. The van der Waals surface area contributed by atoms with E-state index in [2.05, 4.69) is 66.6 Å². The number of nitrogens with zero attached hydrogens (tertiary/aromatic N) is 1. The maximum Gasteiger partial charge on any atom is 0.237 e. The highest BCUT2D eigenvalue weighted by Gasteiger charge is 2.26. The Labute approximate surface area is 147 Å². The van der Waals surface area contributed by atoms with Crippen molar-refractivity contribution in [1.29, 1.82) is 0 Å². The molecule has 1 aliphatic rings. The van der Waals surface area contributed by atoms with Gasteiger partial charge in [0.2, 0.25) is 5.91 Å². The van der Waals surface area contributed by atoms with Gasteiger partial charge in [-0.1, -0.05) is 37.3 Å². The van der Waals surface area contributed by atoms with E-state index in [0.717, 1.165) is 32.5 Å². The third-order valence-corrected chi connectivity index (χ3v) is 4.98. The van der Waals surface area contributed by atoms with E-state index in [1.54, 1.807) is 0 Å². The van der Waals surface area contributed by atoms with Gasteiger partial charge in [0.25, 0.3) is 0 Å². The van der Waals surface area contributed by atoms with Crippen molar-refractivity contribution in [3.63, 3.8) is 0 Å². The van der Waals surface area contributed by atoms with Gasteiger partial charge in [0.05, 0.1) is 6.04 Å². The van der Waals surface area contributed by atoms with Gasteiger partial charge in [-0.05, 0) is 52.1 Å². The van der Waals surface area contributed by atoms with Crippen LogP contribution in [0.5, 0.6) is 0 Å². The van der Waals surface area contributed by atoms with Gasteiger partial charge in [-0.15, -0.1) is 0 Å². The number of amides is 1. The molecule has 1 amide bonds. The average Bonchev–Trinajstić information content (AvgIpc) is 2.55. The molecule has 1 fully saturated rings. The zero-order chi connectivity index (χ0) is 17.6. The molecule has 0 bridgehead atoms. The molecule has 2 N–H and O–H groups in total. The Kier molecular flexibility index (Phi) is 6.81. The Morgan fingerprint density at radius 2 is 2.04 bits per heavy atom. The number of hydrogen-bond acceptors (Lipinski definition) is 3. The summed E-state index contributed by atoms with van der Waals surface area (Å²) in [5.74, 6) is 0.0991. The number of rotatable bonds is 7. The summed E-state index contributed by atoms with van der Waals surface area (Å²) in [7, 11) is 0. The van der Waals surface area contributed by atoms with Crippen LogP contribution in [0, 0.1) is 0 Å². The van der Waals surface area contributed by atoms with Gasteiger partial charge in [-0.2, -0.15) is 0 Å². The molecular weight excluding hydrogens is 298 g/mol. The Hall–Kier alpha value is -1.39. The van der Waals surface area contributed by atoms with Crippen LogP contribution < -0.4 is 10.6 Å². The minimum absolute atomic E-state index is 0.0991. The number of carbonyl (C=O) groups excluding carboxylic acids is 1. The van der Waals surface area contributed by atoms with Crippen LogP contribution in [0.1, 0.15) is 52.5 Å². The van der Waals surface area contributed by atoms with Crippen molar-refractivity contribution < 1.29 is 4.79 Å². The molecule has 1 aliphatic heterocycles. The highest BCUT2D eigenvalue weighted by molar-refractivity contribution is 5.82. The first-order chi connectivity index (χ1) is 11.4. The average molecular weight is 332 g/mol. The van der Waals surface area contributed by atoms with Gasteiger partial charge >= 0.3 is 0 Å². The van der Waals surface area contributed by atoms with E-state index in [4.69, 9.17) is 0 Å². The van der Waals surface area contributed by atoms with Crippen molar-refractivity contribution in [2.24, 2.45) is 0 Å². The Bertz CT molecular complexity index is 515. The van der Waals surface area contributed by atoms with E-state index in [0.29, 0.717) is 6.04 Å². The van der Waals surface area contributed by atoms with E-state index in [1.807, 2.05) is 6.92 Å². The Balaban J connectivity index is 1.82. The van der Waals surface area contributed by atoms with Crippen LogP contribution in [0.2, 0.25) is 0 Å². The lowest BCUT2D eigenvalue weighted by atomic mass is 10.0. The van der Waals surface area contributed by atoms with Crippen molar-refractivity contribution in [2.45, 2.75) is 71.1 Å². The molecule has 0 saturated carbocycles. The molecule has 1 heterocycles. The lowest BCUT2D eigenvalue weighted by molar-refractivity contribution is -0.124. The highest BCUT2D eigenvalue weighted by Crippen LogP contribution is 2.14. The van der Waals surface area contributed by atoms with Crippen LogP contribution in [0.25, 0.3) is 0 Å². The van der Waals surface area contributed by atoms with Gasteiger partial charge in [0.15, 0.2) is 0 Å². The van der Waals surface area contributed by atoms with Crippen LogP contribution in [-0.4, -0.2) is 41.5 Å². The van der Waals surface area contributed by atoms with E-state index < -0.39 is 0 Å². The van der Waals surface area contributed by atoms with E-state index >= 15 is 0 Å². The molecule has 0 radical (unpaired) electrons. The molecule has 0 aromatic heterocycles. The second-order valence-electron chi connectivity index (χ2n) is 7.67. The number of likely N-dealkylation sites (tertiary alicyclic amines) is 1. The quantitative estimate of drug-likeness (QED) is 0.807. The van der Waals surface area contributed by atoms with Crippen LogP contribution in [0.3, 0.4) is 0 Å². The molecule has 1 saturated heterocycles. The van der Waals surface area contributed by atoms with Crippen LogP contribution >= 0.6 is 0 Å². The molecule has 4 nitrogen and oxygen atoms in total. The number of hydrogen-bond donors (Lipinski definition) is 2. The van der Waals surface area contributed by atoms with Crippen molar-refractivity contribution >= 4 is 5.91 Å². The van der Waals surface area contributed by atoms with Gasteiger partial charge < -0.3 is 10.6 Å². The molecule has 2 atom stereocenters. The largest absolute Gasteiger partial charge is 0.350 e.